The van der Waals surface area contributed by atoms with E-state index in [0.29, 0.717) is 5.88 Å². The van der Waals surface area contributed by atoms with Gasteiger partial charge in [-0.15, -0.1) is 11.6 Å². The van der Waals surface area contributed by atoms with Gasteiger partial charge in [0, 0.05) is 23.1 Å². The number of halogens is 1. The van der Waals surface area contributed by atoms with E-state index in [9.17, 15) is 20.2 Å². The third-order valence-electron chi connectivity index (χ3n) is 4.82. The molecule has 0 heterocycles. The summed E-state index contributed by atoms with van der Waals surface area (Å²) in [4.78, 5) is 20.8. The number of hydrogen-bond donors (Lipinski definition) is 1. The van der Waals surface area contributed by atoms with Crippen LogP contribution in [-0.2, 0) is 5.41 Å². The third kappa shape index (κ3) is 3.61. The fraction of sp³-hybridized carbons (Fsp3) is 0.278. The maximum atomic E-state index is 11.3. The highest BCUT2D eigenvalue weighted by molar-refractivity contribution is 6.21. The van der Waals surface area contributed by atoms with Gasteiger partial charge in [-0.25, -0.2) is 0 Å². The van der Waals surface area contributed by atoms with Gasteiger partial charge in [0.25, 0.3) is 5.69 Å². The van der Waals surface area contributed by atoms with Crippen LogP contribution in [0, 0.1) is 20.2 Å². The van der Waals surface area contributed by atoms with E-state index >= 15 is 0 Å². The van der Waals surface area contributed by atoms with E-state index in [1.165, 1.54) is 12.1 Å². The first kappa shape index (κ1) is 18.8. The number of nitro benzene ring substituents is 2. The smallest absolute Gasteiger partial charge is 0.272 e. The molecule has 3 rings (SSSR count). The number of anilines is 1. The normalized spacial score (nSPS) is 20.6. The van der Waals surface area contributed by atoms with Gasteiger partial charge in [0.05, 0.1) is 15.9 Å². The van der Waals surface area contributed by atoms with Crippen LogP contribution in [0.5, 0.6) is 0 Å². The second-order valence-electron chi connectivity index (χ2n) is 6.32. The van der Waals surface area contributed by atoms with Crippen LogP contribution in [0.1, 0.15) is 24.8 Å². The average molecular weight is 389 g/mol. The first-order valence-electron chi connectivity index (χ1n) is 8.35. The Morgan fingerprint density at radius 2 is 1.85 bits per heavy atom. The van der Waals surface area contributed by atoms with E-state index in [2.05, 4.69) is 10.5 Å². The van der Waals surface area contributed by atoms with E-state index in [0.717, 1.165) is 36.6 Å². The highest BCUT2D eigenvalue weighted by atomic mass is 35.5. The number of nitrogens with zero attached hydrogens (tertiary/aromatic N) is 3. The Labute approximate surface area is 160 Å². The van der Waals surface area contributed by atoms with Gasteiger partial charge in [-0.1, -0.05) is 30.3 Å². The molecule has 1 aliphatic carbocycles. The van der Waals surface area contributed by atoms with Gasteiger partial charge in [-0.3, -0.25) is 25.7 Å². The van der Waals surface area contributed by atoms with Crippen LogP contribution < -0.4 is 5.43 Å². The average Bonchev–Trinajstić information content (AvgIpc) is 3.10. The Morgan fingerprint density at radius 1 is 1.11 bits per heavy atom. The van der Waals surface area contributed by atoms with Crippen LogP contribution in [-0.4, -0.2) is 21.4 Å². The summed E-state index contributed by atoms with van der Waals surface area (Å²) in [5.74, 6) is 0.347. The summed E-state index contributed by atoms with van der Waals surface area (Å²) < 4.78 is 0. The van der Waals surface area contributed by atoms with Gasteiger partial charge in [-0.05, 0) is 30.9 Å². The Bertz CT molecular complexity index is 903. The minimum Gasteiger partial charge on any atom is -0.272 e. The van der Waals surface area contributed by atoms with E-state index in [1.807, 2.05) is 30.3 Å². The van der Waals surface area contributed by atoms with Gasteiger partial charge < -0.3 is 0 Å². The van der Waals surface area contributed by atoms with Crippen LogP contribution in [0.4, 0.5) is 17.1 Å². The molecule has 140 valence electrons. The minimum atomic E-state index is -0.673. The first-order valence-corrected chi connectivity index (χ1v) is 8.89. The third-order valence-corrected chi connectivity index (χ3v) is 5.28. The Balaban J connectivity index is 1.95. The molecule has 0 aromatic heterocycles. The molecule has 1 fully saturated rings. The fourth-order valence-corrected chi connectivity index (χ4v) is 3.84. The molecule has 1 atom stereocenters. The summed E-state index contributed by atoms with van der Waals surface area (Å²) in [5, 5.41) is 26.5. The molecular weight excluding hydrogens is 372 g/mol. The molecule has 27 heavy (non-hydrogen) atoms. The summed E-state index contributed by atoms with van der Waals surface area (Å²) in [7, 11) is 0. The van der Waals surface area contributed by atoms with E-state index in [4.69, 9.17) is 11.6 Å². The number of nitrogens with one attached hydrogen (secondary N) is 1. The maximum Gasteiger partial charge on any atom is 0.301 e. The zero-order valence-electron chi connectivity index (χ0n) is 14.3. The minimum absolute atomic E-state index is 0.0986. The lowest BCUT2D eigenvalue weighted by Crippen LogP contribution is -2.33. The van der Waals surface area contributed by atoms with Crippen molar-refractivity contribution in [1.29, 1.82) is 0 Å². The molecule has 1 aliphatic rings. The van der Waals surface area contributed by atoms with Crippen molar-refractivity contribution in [3.8, 4) is 0 Å². The van der Waals surface area contributed by atoms with E-state index < -0.39 is 20.9 Å². The summed E-state index contributed by atoms with van der Waals surface area (Å²) >= 11 is 6.32. The molecule has 9 heteroatoms. The summed E-state index contributed by atoms with van der Waals surface area (Å²) in [6.45, 7) is 0. The molecule has 0 amide bonds. The van der Waals surface area contributed by atoms with E-state index in [1.54, 1.807) is 0 Å². The molecule has 2 aromatic carbocycles. The number of benzene rings is 2. The zero-order valence-corrected chi connectivity index (χ0v) is 15.1. The van der Waals surface area contributed by atoms with Gasteiger partial charge in [0.1, 0.15) is 5.69 Å². The lowest BCUT2D eigenvalue weighted by molar-refractivity contribution is -0.393. The fourth-order valence-electron chi connectivity index (χ4n) is 3.40. The van der Waals surface area contributed by atoms with Crippen molar-refractivity contribution in [1.82, 2.24) is 0 Å². The van der Waals surface area contributed by atoms with Gasteiger partial charge in [0.2, 0.25) is 0 Å². The predicted molar refractivity (Wildman–Crippen MR) is 103 cm³/mol. The number of hydrogen-bond acceptors (Lipinski definition) is 6. The van der Waals surface area contributed by atoms with Crippen LogP contribution in [0.2, 0.25) is 0 Å². The molecule has 0 spiro atoms. The van der Waals surface area contributed by atoms with E-state index in [-0.39, 0.29) is 11.4 Å². The van der Waals surface area contributed by atoms with Gasteiger partial charge >= 0.3 is 5.69 Å². The van der Waals surface area contributed by atoms with Gasteiger partial charge in [0.15, 0.2) is 0 Å². The maximum absolute atomic E-state index is 11.3. The molecule has 8 nitrogen and oxygen atoms in total. The van der Waals surface area contributed by atoms with Crippen molar-refractivity contribution < 1.29 is 9.85 Å². The van der Waals surface area contributed by atoms with Crippen LogP contribution in [0.15, 0.2) is 53.6 Å². The SMILES string of the molecule is O=[N+]([O-])c1ccc(N/N=C2/CCC[C@]2(CCl)c2ccccc2)c([N+](=O)[O-])c1. The topological polar surface area (TPSA) is 111 Å². The van der Waals surface area contributed by atoms with Crippen molar-refractivity contribution in [2.45, 2.75) is 24.7 Å². The lowest BCUT2D eigenvalue weighted by atomic mass is 9.79. The summed E-state index contributed by atoms with van der Waals surface area (Å²) in [6, 6.07) is 13.2. The second-order valence-corrected chi connectivity index (χ2v) is 6.59. The molecule has 0 radical (unpaired) electrons. The van der Waals surface area contributed by atoms with Crippen LogP contribution >= 0.6 is 11.6 Å². The molecule has 0 bridgehead atoms. The molecule has 0 saturated heterocycles. The zero-order chi connectivity index (χ0) is 19.4. The summed E-state index contributed by atoms with van der Waals surface area (Å²) in [5.41, 5.74) is 3.52. The monoisotopic (exact) mass is 388 g/mol. The number of hydrazone groups is 1. The largest absolute Gasteiger partial charge is 0.301 e. The Morgan fingerprint density at radius 3 is 2.48 bits per heavy atom. The first-order chi connectivity index (χ1) is 13.0. The number of alkyl halides is 1. The highest BCUT2D eigenvalue weighted by Crippen LogP contribution is 2.40. The molecule has 1 saturated carbocycles. The number of non-ortho nitro benzene ring substituents is 1. The Kier molecular flexibility index (Phi) is 5.36. The van der Waals surface area contributed by atoms with Crippen molar-refractivity contribution in [2.75, 3.05) is 11.3 Å². The molecule has 1 N–H and O–H groups in total. The quantitative estimate of drug-likeness (QED) is 0.440. The van der Waals surface area contributed by atoms with Crippen LogP contribution in [0.3, 0.4) is 0 Å². The predicted octanol–water partition coefficient (Wildman–Crippen LogP) is 4.63. The van der Waals surface area contributed by atoms with Gasteiger partial charge in [-0.2, -0.15) is 5.10 Å². The van der Waals surface area contributed by atoms with Crippen molar-refractivity contribution >= 4 is 34.4 Å². The van der Waals surface area contributed by atoms with Crippen molar-refractivity contribution in [3.63, 3.8) is 0 Å². The molecule has 0 unspecified atom stereocenters. The number of rotatable bonds is 6. The van der Waals surface area contributed by atoms with Crippen molar-refractivity contribution in [2.24, 2.45) is 5.10 Å². The molecule has 2 aromatic rings. The second kappa shape index (κ2) is 7.71. The number of nitro groups is 2. The molecular formula is C18H17ClN4O4. The van der Waals surface area contributed by atoms with Crippen molar-refractivity contribution in [3.05, 3.63) is 74.3 Å². The lowest BCUT2D eigenvalue weighted by Gasteiger charge is -2.28. The molecule has 0 aliphatic heterocycles. The summed E-state index contributed by atoms with van der Waals surface area (Å²) in [6.07, 6.45) is 2.46. The Hall–Kier alpha value is -3.00. The standard InChI is InChI=1S/C18H17ClN4O4/c19-12-18(13-5-2-1-3-6-13)10-4-7-17(18)21-20-15-9-8-14(22(24)25)11-16(15)23(26)27/h1-3,5-6,8-9,11,20H,4,7,10,12H2/b21-17-/t18-/m0/s1. The highest BCUT2D eigenvalue weighted by Gasteiger charge is 2.41. The van der Waals surface area contributed by atoms with Crippen LogP contribution in [0.25, 0.3) is 0 Å².